The van der Waals surface area contributed by atoms with Gasteiger partial charge in [0.15, 0.2) is 12.6 Å². The maximum absolute atomic E-state index is 10.3. The van der Waals surface area contributed by atoms with Crippen molar-refractivity contribution < 1.29 is 79.9 Å². The number of hydrogen-bond acceptors (Lipinski definition) is 16. The molecule has 0 aromatic carbocycles. The summed E-state index contributed by atoms with van der Waals surface area (Å²) in [7, 11) is 0. The Labute approximate surface area is 192 Å². The Morgan fingerprint density at radius 1 is 0.588 bits per heavy atom. The highest BCUT2D eigenvalue weighted by atomic mass is 16.8. The van der Waals surface area contributed by atoms with Crippen molar-refractivity contribution in [2.45, 2.75) is 85.5 Å². The highest BCUT2D eigenvalue weighted by Crippen LogP contribution is 2.36. The SMILES string of the molecule is OCC1O[C@H](OCC2O[C@@H](O[C@]3(CO)O[C@H](CO)[C@@H](O)[C@H]3O)C(O)C(O)[C@@H]2O)C(O)C(O)[C@H]1O. The summed E-state index contributed by atoms with van der Waals surface area (Å²) in [6.07, 6.45) is -21.8. The molecule has 200 valence electrons. The molecule has 14 atom stereocenters. The van der Waals surface area contributed by atoms with Gasteiger partial charge in [-0.15, -0.1) is 0 Å². The van der Waals surface area contributed by atoms with Crippen molar-refractivity contribution >= 4 is 0 Å². The zero-order valence-corrected chi connectivity index (χ0v) is 17.8. The molecule has 3 heterocycles. The quantitative estimate of drug-likeness (QED) is 0.146. The Morgan fingerprint density at radius 2 is 1.12 bits per heavy atom. The first kappa shape index (κ1) is 27.9. The van der Waals surface area contributed by atoms with Gasteiger partial charge in [-0.3, -0.25) is 0 Å². The largest absolute Gasteiger partial charge is 0.394 e. The van der Waals surface area contributed by atoms with Crippen LogP contribution in [0.5, 0.6) is 0 Å². The number of aliphatic hydroxyl groups excluding tert-OH is 11. The monoisotopic (exact) mass is 504 g/mol. The molecule has 0 spiro atoms. The van der Waals surface area contributed by atoms with E-state index >= 15 is 0 Å². The van der Waals surface area contributed by atoms with Gasteiger partial charge in [0.25, 0.3) is 0 Å². The van der Waals surface area contributed by atoms with Crippen LogP contribution in [-0.4, -0.2) is 168 Å². The van der Waals surface area contributed by atoms with Gasteiger partial charge < -0.3 is 79.9 Å². The number of ether oxygens (including phenoxy) is 5. The first-order chi connectivity index (χ1) is 16.0. The van der Waals surface area contributed by atoms with Gasteiger partial charge in [0.05, 0.1) is 19.8 Å². The Hall–Kier alpha value is -0.640. The van der Waals surface area contributed by atoms with Crippen LogP contribution < -0.4 is 0 Å². The van der Waals surface area contributed by atoms with Crippen LogP contribution in [0, 0.1) is 0 Å². The lowest BCUT2D eigenvalue weighted by atomic mass is 9.98. The van der Waals surface area contributed by atoms with Gasteiger partial charge in [-0.25, -0.2) is 0 Å². The van der Waals surface area contributed by atoms with Crippen molar-refractivity contribution in [3.63, 3.8) is 0 Å². The van der Waals surface area contributed by atoms with Crippen molar-refractivity contribution in [2.24, 2.45) is 0 Å². The molecule has 0 amide bonds. The van der Waals surface area contributed by atoms with E-state index in [2.05, 4.69) is 0 Å². The molecule has 3 rings (SSSR count). The molecule has 0 radical (unpaired) electrons. The fraction of sp³-hybridized carbons (Fsp3) is 1.00. The normalized spacial score (nSPS) is 52.1. The lowest BCUT2D eigenvalue weighted by Gasteiger charge is -2.44. The third kappa shape index (κ3) is 5.09. The summed E-state index contributed by atoms with van der Waals surface area (Å²) in [5.74, 6) is -2.36. The number of rotatable bonds is 8. The van der Waals surface area contributed by atoms with E-state index in [1.807, 2.05) is 0 Å². The molecule has 6 unspecified atom stereocenters. The second-order valence-electron chi connectivity index (χ2n) is 8.41. The number of hydrogen-bond donors (Lipinski definition) is 11. The van der Waals surface area contributed by atoms with E-state index < -0.39 is 112 Å². The van der Waals surface area contributed by atoms with E-state index in [0.717, 1.165) is 0 Å². The van der Waals surface area contributed by atoms with E-state index in [1.54, 1.807) is 0 Å². The summed E-state index contributed by atoms with van der Waals surface area (Å²) in [4.78, 5) is 0. The first-order valence-electron chi connectivity index (χ1n) is 10.6. The van der Waals surface area contributed by atoms with Crippen LogP contribution >= 0.6 is 0 Å². The maximum Gasteiger partial charge on any atom is 0.224 e. The summed E-state index contributed by atoms with van der Waals surface area (Å²) in [5.41, 5.74) is 0. The average molecular weight is 504 g/mol. The van der Waals surface area contributed by atoms with Gasteiger partial charge >= 0.3 is 0 Å². The molecule has 11 N–H and O–H groups in total. The van der Waals surface area contributed by atoms with Gasteiger partial charge in [0.2, 0.25) is 5.79 Å². The van der Waals surface area contributed by atoms with Crippen molar-refractivity contribution in [2.75, 3.05) is 26.4 Å². The third-order valence-corrected chi connectivity index (χ3v) is 6.16. The zero-order valence-electron chi connectivity index (χ0n) is 17.8. The summed E-state index contributed by atoms with van der Waals surface area (Å²) in [6, 6.07) is 0. The number of aliphatic hydroxyl groups is 11. The lowest BCUT2D eigenvalue weighted by Crippen LogP contribution is -2.63. The predicted molar refractivity (Wildman–Crippen MR) is 101 cm³/mol. The van der Waals surface area contributed by atoms with Crippen molar-refractivity contribution in [3.05, 3.63) is 0 Å². The summed E-state index contributed by atoms with van der Waals surface area (Å²) in [6.45, 7) is -3.14. The van der Waals surface area contributed by atoms with Crippen LogP contribution in [0.1, 0.15) is 0 Å². The third-order valence-electron chi connectivity index (χ3n) is 6.16. The molecular formula is C18H32O16. The molecule has 0 aromatic heterocycles. The maximum atomic E-state index is 10.3. The Morgan fingerprint density at radius 3 is 1.65 bits per heavy atom. The van der Waals surface area contributed by atoms with Gasteiger partial charge in [0.1, 0.15) is 73.8 Å². The van der Waals surface area contributed by atoms with Gasteiger partial charge in [0, 0.05) is 0 Å². The minimum atomic E-state index is -2.36. The molecule has 3 saturated heterocycles. The van der Waals surface area contributed by atoms with E-state index in [0.29, 0.717) is 0 Å². The van der Waals surface area contributed by atoms with Crippen LogP contribution in [0.3, 0.4) is 0 Å². The van der Waals surface area contributed by atoms with E-state index in [9.17, 15) is 56.2 Å². The Bertz CT molecular complexity index is 653. The highest BCUT2D eigenvalue weighted by molar-refractivity contribution is 4.98. The molecule has 0 aliphatic carbocycles. The molecule has 0 saturated carbocycles. The second kappa shape index (κ2) is 11.2. The standard InChI is InChI=1S/C18H32O16/c19-1-5-8(22)11(25)13(27)16(31-5)30-3-7-9(23)12(26)14(28)17(32-7)34-18(4-21)15(29)10(24)6(2-20)33-18/h5-17,19-29H,1-4H2/t5?,6-,7?,8+,9-,10-,11?,12?,13?,14?,15-,16+,17+,18+/m1/s1. The first-order valence-corrected chi connectivity index (χ1v) is 10.6. The average Bonchev–Trinajstić information content (AvgIpc) is 3.08. The van der Waals surface area contributed by atoms with Crippen LogP contribution in [0.2, 0.25) is 0 Å². The summed E-state index contributed by atoms with van der Waals surface area (Å²) >= 11 is 0. The minimum absolute atomic E-state index is 0.634. The van der Waals surface area contributed by atoms with Crippen molar-refractivity contribution in [1.29, 1.82) is 0 Å². The van der Waals surface area contributed by atoms with Gasteiger partial charge in [-0.05, 0) is 0 Å². The van der Waals surface area contributed by atoms with Gasteiger partial charge in [-0.1, -0.05) is 0 Å². The molecule has 16 nitrogen and oxygen atoms in total. The van der Waals surface area contributed by atoms with Crippen molar-refractivity contribution in [3.8, 4) is 0 Å². The van der Waals surface area contributed by atoms with Crippen LogP contribution in [0.4, 0.5) is 0 Å². The fourth-order valence-electron chi connectivity index (χ4n) is 4.01. The minimum Gasteiger partial charge on any atom is -0.394 e. The predicted octanol–water partition coefficient (Wildman–Crippen LogP) is -7.57. The van der Waals surface area contributed by atoms with E-state index in [4.69, 9.17) is 23.7 Å². The van der Waals surface area contributed by atoms with Crippen LogP contribution in [0.25, 0.3) is 0 Å². The molecule has 16 heteroatoms. The van der Waals surface area contributed by atoms with Crippen LogP contribution in [-0.2, 0) is 23.7 Å². The van der Waals surface area contributed by atoms with E-state index in [-0.39, 0.29) is 0 Å². The molecule has 0 bridgehead atoms. The molecule has 3 aliphatic heterocycles. The molecule has 0 aromatic rings. The lowest BCUT2D eigenvalue weighted by molar-refractivity contribution is -0.388. The molecule has 3 aliphatic rings. The fourth-order valence-corrected chi connectivity index (χ4v) is 4.01. The molecule has 3 fully saturated rings. The van der Waals surface area contributed by atoms with Crippen molar-refractivity contribution in [1.82, 2.24) is 0 Å². The molecule has 34 heavy (non-hydrogen) atoms. The van der Waals surface area contributed by atoms with Gasteiger partial charge in [-0.2, -0.15) is 0 Å². The summed E-state index contributed by atoms with van der Waals surface area (Å²) in [5, 5.41) is 109. The highest BCUT2D eigenvalue weighted by Gasteiger charge is 2.58. The van der Waals surface area contributed by atoms with E-state index in [1.165, 1.54) is 0 Å². The molecular weight excluding hydrogens is 472 g/mol. The summed E-state index contributed by atoms with van der Waals surface area (Å²) < 4.78 is 26.4. The van der Waals surface area contributed by atoms with Crippen LogP contribution in [0.15, 0.2) is 0 Å². The Balaban J connectivity index is 1.69. The topological polar surface area (TPSA) is 269 Å². The second-order valence-corrected chi connectivity index (χ2v) is 8.41. The zero-order chi connectivity index (χ0) is 25.4. The smallest absolute Gasteiger partial charge is 0.224 e. The Kier molecular flexibility index (Phi) is 9.18.